The van der Waals surface area contributed by atoms with Crippen molar-refractivity contribution in [2.45, 2.75) is 12.5 Å². The molecule has 2 amide bonds. The normalized spacial score (nSPS) is 19.1. The van der Waals surface area contributed by atoms with Gasteiger partial charge in [-0.2, -0.15) is 0 Å². The molecule has 1 atom stereocenters. The van der Waals surface area contributed by atoms with Crippen LogP contribution in [0.4, 0.5) is 5.69 Å². The van der Waals surface area contributed by atoms with Gasteiger partial charge in [0.25, 0.3) is 0 Å². The van der Waals surface area contributed by atoms with E-state index >= 15 is 0 Å². The molecule has 0 saturated carbocycles. The number of rotatable bonds is 4. The maximum Gasteiger partial charge on any atom is 0.249 e. The van der Waals surface area contributed by atoms with Gasteiger partial charge in [0.1, 0.15) is 12.6 Å². The molecule has 18 heavy (non-hydrogen) atoms. The number of nitrogens with zero attached hydrogens (tertiary/aromatic N) is 1. The second-order valence-corrected chi connectivity index (χ2v) is 4.17. The minimum Gasteiger partial charge on any atom is -0.375 e. The maximum absolute atomic E-state index is 12.1. The fourth-order valence-corrected chi connectivity index (χ4v) is 2.05. The summed E-state index contributed by atoms with van der Waals surface area (Å²) >= 11 is 0. The van der Waals surface area contributed by atoms with Gasteiger partial charge in [-0.05, 0) is 18.6 Å². The van der Waals surface area contributed by atoms with Crippen LogP contribution >= 0.6 is 0 Å². The monoisotopic (exact) mass is 248 g/mol. The third-order valence-electron chi connectivity index (χ3n) is 2.88. The van der Waals surface area contributed by atoms with Crippen LogP contribution in [-0.2, 0) is 14.3 Å². The highest BCUT2D eigenvalue weighted by atomic mass is 16.5. The lowest BCUT2D eigenvalue weighted by molar-refractivity contribution is -0.128. The predicted octanol–water partition coefficient (Wildman–Crippen LogP) is 0.554. The Morgan fingerprint density at radius 1 is 1.44 bits per heavy atom. The fraction of sp³-hybridized carbons (Fsp3) is 0.385. The number of methoxy groups -OCH3 is 1. The Hall–Kier alpha value is -1.88. The van der Waals surface area contributed by atoms with E-state index in [1.165, 1.54) is 7.11 Å². The second kappa shape index (κ2) is 5.64. The molecule has 1 aromatic carbocycles. The molecule has 2 rings (SSSR count). The number of amides is 2. The van der Waals surface area contributed by atoms with Crippen molar-refractivity contribution >= 4 is 17.5 Å². The van der Waals surface area contributed by atoms with Gasteiger partial charge in [0.2, 0.25) is 11.8 Å². The summed E-state index contributed by atoms with van der Waals surface area (Å²) in [6, 6.07) is 9.02. The molecular weight excluding hydrogens is 232 g/mol. The van der Waals surface area contributed by atoms with Crippen molar-refractivity contribution in [1.82, 2.24) is 5.32 Å². The lowest BCUT2D eigenvalue weighted by Crippen LogP contribution is -2.42. The highest BCUT2D eigenvalue weighted by molar-refractivity contribution is 6.01. The molecular formula is C13H16N2O3. The summed E-state index contributed by atoms with van der Waals surface area (Å²) in [5.41, 5.74) is 0.867. The van der Waals surface area contributed by atoms with E-state index < -0.39 is 6.04 Å². The molecule has 5 nitrogen and oxygen atoms in total. The highest BCUT2D eigenvalue weighted by Gasteiger charge is 2.33. The van der Waals surface area contributed by atoms with E-state index in [0.717, 1.165) is 5.69 Å². The number of carbonyl (C=O) groups excluding carboxylic acids is 2. The van der Waals surface area contributed by atoms with Crippen molar-refractivity contribution in [3.63, 3.8) is 0 Å². The smallest absolute Gasteiger partial charge is 0.249 e. The summed E-state index contributed by atoms with van der Waals surface area (Å²) in [6.45, 7) is 0.607. The van der Waals surface area contributed by atoms with Crippen LogP contribution in [0.2, 0.25) is 0 Å². The van der Waals surface area contributed by atoms with E-state index in [-0.39, 0.29) is 18.4 Å². The molecule has 0 bridgehead atoms. The first-order chi connectivity index (χ1) is 8.72. The Balaban J connectivity index is 1.99. The third kappa shape index (κ3) is 2.68. The Morgan fingerprint density at radius 3 is 2.83 bits per heavy atom. The van der Waals surface area contributed by atoms with Crippen LogP contribution in [0.3, 0.4) is 0 Å². The molecule has 0 aromatic heterocycles. The zero-order chi connectivity index (χ0) is 13.0. The number of benzene rings is 1. The van der Waals surface area contributed by atoms with Gasteiger partial charge in [-0.1, -0.05) is 18.2 Å². The van der Waals surface area contributed by atoms with Crippen molar-refractivity contribution < 1.29 is 14.3 Å². The minimum absolute atomic E-state index is 0.0187. The summed E-state index contributed by atoms with van der Waals surface area (Å²) < 4.78 is 4.72. The topological polar surface area (TPSA) is 58.6 Å². The standard InChI is InChI=1S/C13H16N2O3/c1-18-9-12(16)14-11-7-8-15(13(11)17)10-5-3-2-4-6-10/h2-6,11H,7-9H2,1H3,(H,14,16)/t11-/m1/s1. The maximum atomic E-state index is 12.1. The van der Waals surface area contributed by atoms with Gasteiger partial charge in [0.05, 0.1) is 0 Å². The summed E-state index contributed by atoms with van der Waals surface area (Å²) in [4.78, 5) is 25.2. The Bertz CT molecular complexity index is 433. The van der Waals surface area contributed by atoms with Crippen molar-refractivity contribution in [2.75, 3.05) is 25.2 Å². The van der Waals surface area contributed by atoms with Gasteiger partial charge in [-0.15, -0.1) is 0 Å². The van der Waals surface area contributed by atoms with Gasteiger partial charge in [-0.25, -0.2) is 0 Å². The number of hydrogen-bond donors (Lipinski definition) is 1. The third-order valence-corrected chi connectivity index (χ3v) is 2.88. The first-order valence-corrected chi connectivity index (χ1v) is 5.87. The van der Waals surface area contributed by atoms with Crippen LogP contribution in [0.5, 0.6) is 0 Å². The van der Waals surface area contributed by atoms with Crippen LogP contribution in [0, 0.1) is 0 Å². The molecule has 5 heteroatoms. The lowest BCUT2D eigenvalue weighted by Gasteiger charge is -2.17. The van der Waals surface area contributed by atoms with E-state index in [4.69, 9.17) is 4.74 Å². The van der Waals surface area contributed by atoms with Gasteiger partial charge in [0.15, 0.2) is 0 Å². The number of nitrogens with one attached hydrogen (secondary N) is 1. The van der Waals surface area contributed by atoms with E-state index in [0.29, 0.717) is 13.0 Å². The average molecular weight is 248 g/mol. The first kappa shape index (κ1) is 12.6. The van der Waals surface area contributed by atoms with E-state index in [9.17, 15) is 9.59 Å². The van der Waals surface area contributed by atoms with E-state index in [1.807, 2.05) is 30.3 Å². The minimum atomic E-state index is -0.437. The van der Waals surface area contributed by atoms with Crippen molar-refractivity contribution in [1.29, 1.82) is 0 Å². The number of carbonyl (C=O) groups is 2. The molecule has 1 fully saturated rings. The summed E-state index contributed by atoms with van der Waals surface area (Å²) in [7, 11) is 1.45. The molecule has 1 aliphatic heterocycles. The summed E-state index contributed by atoms with van der Waals surface area (Å²) in [5.74, 6) is -0.323. The first-order valence-electron chi connectivity index (χ1n) is 5.87. The molecule has 1 heterocycles. The molecule has 1 N–H and O–H groups in total. The van der Waals surface area contributed by atoms with Gasteiger partial charge in [0, 0.05) is 19.3 Å². The quantitative estimate of drug-likeness (QED) is 0.846. The number of anilines is 1. The summed E-state index contributed by atoms with van der Waals surface area (Å²) in [5, 5.41) is 2.67. The zero-order valence-corrected chi connectivity index (χ0v) is 10.3. The van der Waals surface area contributed by atoms with Crippen LogP contribution in [0.15, 0.2) is 30.3 Å². The van der Waals surface area contributed by atoms with Gasteiger partial charge in [-0.3, -0.25) is 9.59 Å². The molecule has 1 saturated heterocycles. The van der Waals surface area contributed by atoms with E-state index in [1.54, 1.807) is 4.90 Å². The Labute approximate surface area is 106 Å². The number of para-hydroxylation sites is 1. The molecule has 0 spiro atoms. The zero-order valence-electron chi connectivity index (χ0n) is 10.3. The van der Waals surface area contributed by atoms with Crippen molar-refractivity contribution in [2.24, 2.45) is 0 Å². The molecule has 0 unspecified atom stereocenters. The fourth-order valence-electron chi connectivity index (χ4n) is 2.05. The average Bonchev–Trinajstić information content (AvgIpc) is 2.72. The van der Waals surface area contributed by atoms with Crippen LogP contribution in [0.1, 0.15) is 6.42 Å². The second-order valence-electron chi connectivity index (χ2n) is 4.17. The molecule has 1 aliphatic rings. The van der Waals surface area contributed by atoms with Crippen LogP contribution in [-0.4, -0.2) is 38.1 Å². The predicted molar refractivity (Wildman–Crippen MR) is 67.2 cm³/mol. The largest absolute Gasteiger partial charge is 0.375 e. The van der Waals surface area contributed by atoms with Crippen molar-refractivity contribution in [3.8, 4) is 0 Å². The SMILES string of the molecule is COCC(=O)N[C@@H]1CCN(c2ccccc2)C1=O. The number of ether oxygens (including phenoxy) is 1. The summed E-state index contributed by atoms with van der Waals surface area (Å²) in [6.07, 6.45) is 0.628. The van der Waals surface area contributed by atoms with E-state index in [2.05, 4.69) is 5.32 Å². The molecule has 96 valence electrons. The Morgan fingerprint density at radius 2 is 2.17 bits per heavy atom. The molecule has 0 aliphatic carbocycles. The lowest BCUT2D eigenvalue weighted by atomic mass is 10.2. The number of hydrogen-bond acceptors (Lipinski definition) is 3. The van der Waals surface area contributed by atoms with Crippen LogP contribution < -0.4 is 10.2 Å². The molecule has 1 aromatic rings. The Kier molecular flexibility index (Phi) is 3.94. The van der Waals surface area contributed by atoms with Crippen LogP contribution in [0.25, 0.3) is 0 Å². The van der Waals surface area contributed by atoms with Gasteiger partial charge < -0.3 is 15.0 Å². The van der Waals surface area contributed by atoms with Gasteiger partial charge >= 0.3 is 0 Å². The molecule has 0 radical (unpaired) electrons. The van der Waals surface area contributed by atoms with Crippen molar-refractivity contribution in [3.05, 3.63) is 30.3 Å². The highest BCUT2D eigenvalue weighted by Crippen LogP contribution is 2.20.